The van der Waals surface area contributed by atoms with E-state index in [4.69, 9.17) is 0 Å². The Morgan fingerprint density at radius 3 is 2.38 bits per heavy atom. The second-order valence-corrected chi connectivity index (χ2v) is 5.21. The van der Waals surface area contributed by atoms with Gasteiger partial charge in [-0.15, -0.1) is 0 Å². The standard InChI is InChI=1S/C12H25N/c1-5-8-12(4,11-6-7-11)9-13-10(2)3/h10-11,13H,5-9H2,1-4H3. The van der Waals surface area contributed by atoms with E-state index in [1.807, 2.05) is 0 Å². The Morgan fingerprint density at radius 2 is 2.00 bits per heavy atom. The topological polar surface area (TPSA) is 12.0 Å². The van der Waals surface area contributed by atoms with E-state index in [1.54, 1.807) is 0 Å². The molecule has 0 aliphatic heterocycles. The fraction of sp³-hybridized carbons (Fsp3) is 1.00. The van der Waals surface area contributed by atoms with Gasteiger partial charge in [0, 0.05) is 12.6 Å². The third-order valence-electron chi connectivity index (χ3n) is 3.30. The minimum atomic E-state index is 0.582. The summed E-state index contributed by atoms with van der Waals surface area (Å²) in [7, 11) is 0. The predicted octanol–water partition coefficient (Wildman–Crippen LogP) is 3.20. The van der Waals surface area contributed by atoms with E-state index in [1.165, 1.54) is 32.2 Å². The number of nitrogens with one attached hydrogen (secondary N) is 1. The average Bonchev–Trinajstić information content (AvgIpc) is 2.83. The Labute approximate surface area is 83.3 Å². The average molecular weight is 183 g/mol. The zero-order chi connectivity index (χ0) is 9.90. The van der Waals surface area contributed by atoms with Gasteiger partial charge in [-0.05, 0) is 30.6 Å². The first-order valence-corrected chi connectivity index (χ1v) is 5.82. The highest BCUT2D eigenvalue weighted by Gasteiger charge is 2.40. The van der Waals surface area contributed by atoms with Gasteiger partial charge in [0.05, 0.1) is 0 Å². The first-order valence-electron chi connectivity index (χ1n) is 5.82. The first-order chi connectivity index (χ1) is 6.08. The van der Waals surface area contributed by atoms with E-state index in [9.17, 15) is 0 Å². The van der Waals surface area contributed by atoms with Gasteiger partial charge in [-0.25, -0.2) is 0 Å². The van der Waals surface area contributed by atoms with E-state index in [-0.39, 0.29) is 0 Å². The molecule has 1 aliphatic carbocycles. The zero-order valence-corrected chi connectivity index (χ0v) is 9.69. The molecule has 0 radical (unpaired) electrons. The van der Waals surface area contributed by atoms with Gasteiger partial charge >= 0.3 is 0 Å². The predicted molar refractivity (Wildman–Crippen MR) is 58.9 cm³/mol. The first kappa shape index (κ1) is 11.0. The summed E-state index contributed by atoms with van der Waals surface area (Å²) in [6.07, 6.45) is 5.65. The van der Waals surface area contributed by atoms with Gasteiger partial charge in [-0.3, -0.25) is 0 Å². The Balaban J connectivity index is 2.36. The van der Waals surface area contributed by atoms with Gasteiger partial charge < -0.3 is 5.32 Å². The van der Waals surface area contributed by atoms with Gasteiger partial charge in [0.1, 0.15) is 0 Å². The van der Waals surface area contributed by atoms with Crippen LogP contribution in [0.5, 0.6) is 0 Å². The van der Waals surface area contributed by atoms with E-state index < -0.39 is 0 Å². The molecule has 78 valence electrons. The van der Waals surface area contributed by atoms with Gasteiger partial charge in [0.15, 0.2) is 0 Å². The zero-order valence-electron chi connectivity index (χ0n) is 9.69. The molecule has 1 fully saturated rings. The molecule has 13 heavy (non-hydrogen) atoms. The van der Waals surface area contributed by atoms with Crippen LogP contribution < -0.4 is 5.32 Å². The highest BCUT2D eigenvalue weighted by Crippen LogP contribution is 2.47. The SMILES string of the molecule is CCCC(C)(CNC(C)C)C1CC1. The van der Waals surface area contributed by atoms with E-state index in [0.29, 0.717) is 11.5 Å². The molecular formula is C12H25N. The highest BCUT2D eigenvalue weighted by molar-refractivity contribution is 4.92. The summed E-state index contributed by atoms with van der Waals surface area (Å²) in [6.45, 7) is 10.4. The third kappa shape index (κ3) is 3.30. The normalized spacial score (nSPS) is 21.9. The number of hydrogen-bond donors (Lipinski definition) is 1. The van der Waals surface area contributed by atoms with Gasteiger partial charge in [0.25, 0.3) is 0 Å². The summed E-state index contributed by atoms with van der Waals surface area (Å²) < 4.78 is 0. The molecule has 0 amide bonds. The lowest BCUT2D eigenvalue weighted by Crippen LogP contribution is -2.37. The Bertz CT molecular complexity index is 149. The maximum atomic E-state index is 3.59. The van der Waals surface area contributed by atoms with Crippen LogP contribution in [0.25, 0.3) is 0 Å². The maximum absolute atomic E-state index is 3.59. The van der Waals surface area contributed by atoms with Gasteiger partial charge in [0.2, 0.25) is 0 Å². The molecule has 1 N–H and O–H groups in total. The number of rotatable bonds is 6. The van der Waals surface area contributed by atoms with Gasteiger partial charge in [-0.1, -0.05) is 34.1 Å². The summed E-state index contributed by atoms with van der Waals surface area (Å²) in [5.74, 6) is 1.01. The molecular weight excluding hydrogens is 158 g/mol. The van der Waals surface area contributed by atoms with E-state index in [2.05, 4.69) is 33.0 Å². The molecule has 1 heteroatoms. The van der Waals surface area contributed by atoms with Crippen LogP contribution in [0.15, 0.2) is 0 Å². The van der Waals surface area contributed by atoms with Crippen molar-refractivity contribution >= 4 is 0 Å². The fourth-order valence-electron chi connectivity index (χ4n) is 2.23. The minimum Gasteiger partial charge on any atom is -0.314 e. The quantitative estimate of drug-likeness (QED) is 0.667. The monoisotopic (exact) mass is 183 g/mol. The van der Waals surface area contributed by atoms with Crippen LogP contribution in [0, 0.1) is 11.3 Å². The van der Waals surface area contributed by atoms with Crippen molar-refractivity contribution in [1.29, 1.82) is 0 Å². The van der Waals surface area contributed by atoms with Crippen molar-refractivity contribution in [3.63, 3.8) is 0 Å². The maximum Gasteiger partial charge on any atom is 0.00106 e. The summed E-state index contributed by atoms with van der Waals surface area (Å²) in [6, 6.07) is 0.634. The molecule has 1 rings (SSSR count). The molecule has 1 atom stereocenters. The summed E-state index contributed by atoms with van der Waals surface area (Å²) in [4.78, 5) is 0. The van der Waals surface area contributed by atoms with Gasteiger partial charge in [-0.2, -0.15) is 0 Å². The van der Waals surface area contributed by atoms with Crippen LogP contribution in [0.4, 0.5) is 0 Å². The molecule has 0 aromatic carbocycles. The Kier molecular flexibility index (Phi) is 3.78. The van der Waals surface area contributed by atoms with Crippen LogP contribution in [-0.2, 0) is 0 Å². The Hall–Kier alpha value is -0.0400. The van der Waals surface area contributed by atoms with Crippen molar-refractivity contribution < 1.29 is 0 Å². The van der Waals surface area contributed by atoms with Crippen LogP contribution in [0.2, 0.25) is 0 Å². The lowest BCUT2D eigenvalue weighted by molar-refractivity contribution is 0.228. The smallest absolute Gasteiger partial charge is 0.00106 e. The molecule has 0 aromatic rings. The molecule has 1 unspecified atom stereocenters. The molecule has 0 aromatic heterocycles. The van der Waals surface area contributed by atoms with Crippen molar-refractivity contribution in [2.45, 2.75) is 59.4 Å². The second kappa shape index (κ2) is 4.45. The van der Waals surface area contributed by atoms with Crippen molar-refractivity contribution in [3.8, 4) is 0 Å². The van der Waals surface area contributed by atoms with E-state index in [0.717, 1.165) is 5.92 Å². The second-order valence-electron chi connectivity index (χ2n) is 5.21. The molecule has 1 aliphatic rings. The molecule has 0 spiro atoms. The molecule has 1 nitrogen and oxygen atoms in total. The highest BCUT2D eigenvalue weighted by atomic mass is 14.9. The van der Waals surface area contributed by atoms with Crippen molar-refractivity contribution in [2.75, 3.05) is 6.54 Å². The van der Waals surface area contributed by atoms with Crippen LogP contribution in [0.3, 0.4) is 0 Å². The molecule has 1 saturated carbocycles. The van der Waals surface area contributed by atoms with E-state index >= 15 is 0 Å². The lowest BCUT2D eigenvalue weighted by Gasteiger charge is -2.30. The molecule has 0 heterocycles. The van der Waals surface area contributed by atoms with Crippen molar-refractivity contribution in [3.05, 3.63) is 0 Å². The third-order valence-corrected chi connectivity index (χ3v) is 3.30. The summed E-state index contributed by atoms with van der Waals surface area (Å²) in [5.41, 5.74) is 0.582. The van der Waals surface area contributed by atoms with Crippen molar-refractivity contribution in [1.82, 2.24) is 5.32 Å². The fourth-order valence-corrected chi connectivity index (χ4v) is 2.23. The summed E-state index contributed by atoms with van der Waals surface area (Å²) in [5, 5.41) is 3.59. The molecule has 0 saturated heterocycles. The van der Waals surface area contributed by atoms with Crippen molar-refractivity contribution in [2.24, 2.45) is 11.3 Å². The molecule has 0 bridgehead atoms. The van der Waals surface area contributed by atoms with Crippen LogP contribution >= 0.6 is 0 Å². The van der Waals surface area contributed by atoms with Crippen LogP contribution in [-0.4, -0.2) is 12.6 Å². The number of hydrogen-bond acceptors (Lipinski definition) is 1. The Morgan fingerprint density at radius 1 is 1.38 bits per heavy atom. The summed E-state index contributed by atoms with van der Waals surface area (Å²) >= 11 is 0. The largest absolute Gasteiger partial charge is 0.314 e. The lowest BCUT2D eigenvalue weighted by atomic mass is 9.80. The minimum absolute atomic E-state index is 0.582. The van der Waals surface area contributed by atoms with Crippen LogP contribution in [0.1, 0.15) is 53.4 Å².